The summed E-state index contributed by atoms with van der Waals surface area (Å²) in [5.74, 6) is 1.68. The summed E-state index contributed by atoms with van der Waals surface area (Å²) in [5.41, 5.74) is 0. The van der Waals surface area contributed by atoms with Gasteiger partial charge in [-0.3, -0.25) is 0 Å². The Bertz CT molecular complexity index is 341. The van der Waals surface area contributed by atoms with Crippen LogP contribution in [-0.4, -0.2) is 19.7 Å². The number of hydrogen-bond acceptors (Lipinski definition) is 2. The molecule has 1 rings (SSSR count). The summed E-state index contributed by atoms with van der Waals surface area (Å²) >= 11 is 3.44. The van der Waals surface area contributed by atoms with E-state index in [9.17, 15) is 0 Å². The second-order valence-corrected chi connectivity index (χ2v) is 5.98. The second kappa shape index (κ2) is 8.54. The SMILES string of the molecule is CNC(CCCOc1cccc(Br)c1)CC(C)C. The predicted octanol–water partition coefficient (Wildman–Crippen LogP) is 4.24. The fourth-order valence-electron chi connectivity index (χ4n) is 2.03. The molecule has 1 unspecified atom stereocenters. The molecule has 0 aromatic heterocycles. The van der Waals surface area contributed by atoms with Gasteiger partial charge in [0.1, 0.15) is 5.75 Å². The van der Waals surface area contributed by atoms with Gasteiger partial charge in [-0.15, -0.1) is 0 Å². The van der Waals surface area contributed by atoms with E-state index in [0.29, 0.717) is 6.04 Å². The molecule has 0 saturated carbocycles. The lowest BCUT2D eigenvalue weighted by Crippen LogP contribution is -2.27. The molecule has 1 aromatic rings. The summed E-state index contributed by atoms with van der Waals surface area (Å²) in [4.78, 5) is 0. The molecule has 0 radical (unpaired) electrons. The molecule has 1 N–H and O–H groups in total. The van der Waals surface area contributed by atoms with E-state index in [0.717, 1.165) is 29.2 Å². The lowest BCUT2D eigenvalue weighted by molar-refractivity contribution is 0.290. The zero-order valence-corrected chi connectivity index (χ0v) is 13.2. The van der Waals surface area contributed by atoms with Crippen LogP contribution in [0.25, 0.3) is 0 Å². The summed E-state index contributed by atoms with van der Waals surface area (Å²) in [5, 5.41) is 3.38. The van der Waals surface area contributed by atoms with Gasteiger partial charge in [0.25, 0.3) is 0 Å². The largest absolute Gasteiger partial charge is 0.494 e. The Hall–Kier alpha value is -0.540. The van der Waals surface area contributed by atoms with Gasteiger partial charge in [-0.2, -0.15) is 0 Å². The van der Waals surface area contributed by atoms with Gasteiger partial charge < -0.3 is 10.1 Å². The van der Waals surface area contributed by atoms with E-state index in [1.54, 1.807) is 0 Å². The van der Waals surface area contributed by atoms with Crippen LogP contribution in [0.15, 0.2) is 28.7 Å². The highest BCUT2D eigenvalue weighted by Crippen LogP contribution is 2.18. The van der Waals surface area contributed by atoms with Crippen LogP contribution in [-0.2, 0) is 0 Å². The van der Waals surface area contributed by atoms with E-state index in [1.165, 1.54) is 12.8 Å². The minimum atomic E-state index is 0.608. The van der Waals surface area contributed by atoms with Gasteiger partial charge in [0.2, 0.25) is 0 Å². The molecule has 0 aliphatic heterocycles. The number of nitrogens with one attached hydrogen (secondary N) is 1. The van der Waals surface area contributed by atoms with E-state index < -0.39 is 0 Å². The highest BCUT2D eigenvalue weighted by Gasteiger charge is 2.08. The minimum Gasteiger partial charge on any atom is -0.494 e. The topological polar surface area (TPSA) is 21.3 Å². The molecular weight excluding hydrogens is 290 g/mol. The standard InChI is InChI=1S/C15H24BrNO/c1-12(2)10-14(17-3)7-5-9-18-15-8-4-6-13(16)11-15/h4,6,8,11-12,14,17H,5,7,9-10H2,1-3H3. The monoisotopic (exact) mass is 313 g/mol. The van der Waals surface area contributed by atoms with Gasteiger partial charge in [-0.05, 0) is 50.4 Å². The average Bonchev–Trinajstić information content (AvgIpc) is 2.32. The quantitative estimate of drug-likeness (QED) is 0.725. The second-order valence-electron chi connectivity index (χ2n) is 5.06. The van der Waals surface area contributed by atoms with E-state index in [-0.39, 0.29) is 0 Å². The molecule has 0 amide bonds. The van der Waals surface area contributed by atoms with Crippen LogP contribution in [0.1, 0.15) is 33.1 Å². The van der Waals surface area contributed by atoms with Crippen LogP contribution in [0.4, 0.5) is 0 Å². The molecule has 0 fully saturated rings. The smallest absolute Gasteiger partial charge is 0.120 e. The van der Waals surface area contributed by atoms with E-state index in [4.69, 9.17) is 4.74 Å². The zero-order valence-electron chi connectivity index (χ0n) is 11.6. The number of benzene rings is 1. The maximum atomic E-state index is 5.73. The summed E-state index contributed by atoms with van der Waals surface area (Å²) in [6.07, 6.45) is 3.49. The Labute approximate surface area is 119 Å². The zero-order chi connectivity index (χ0) is 13.4. The van der Waals surface area contributed by atoms with Crippen LogP contribution in [0, 0.1) is 5.92 Å². The first kappa shape index (κ1) is 15.5. The molecule has 0 aliphatic rings. The molecule has 3 heteroatoms. The molecule has 0 saturated heterocycles. The van der Waals surface area contributed by atoms with Crippen molar-refractivity contribution < 1.29 is 4.74 Å². The maximum absolute atomic E-state index is 5.73. The predicted molar refractivity (Wildman–Crippen MR) is 81.2 cm³/mol. The highest BCUT2D eigenvalue weighted by atomic mass is 79.9. The number of rotatable bonds is 8. The van der Waals surface area contributed by atoms with Crippen molar-refractivity contribution >= 4 is 15.9 Å². The van der Waals surface area contributed by atoms with Crippen molar-refractivity contribution in [2.45, 2.75) is 39.2 Å². The Morgan fingerprint density at radius 3 is 2.72 bits per heavy atom. The Balaban J connectivity index is 2.21. The fourth-order valence-corrected chi connectivity index (χ4v) is 2.40. The van der Waals surface area contributed by atoms with Crippen molar-refractivity contribution in [2.24, 2.45) is 5.92 Å². The van der Waals surface area contributed by atoms with Gasteiger partial charge in [0.05, 0.1) is 6.61 Å². The Morgan fingerprint density at radius 2 is 2.11 bits per heavy atom. The highest BCUT2D eigenvalue weighted by molar-refractivity contribution is 9.10. The maximum Gasteiger partial charge on any atom is 0.120 e. The van der Waals surface area contributed by atoms with E-state index in [1.807, 2.05) is 31.3 Å². The van der Waals surface area contributed by atoms with Crippen LogP contribution in [0.3, 0.4) is 0 Å². The lowest BCUT2D eigenvalue weighted by Gasteiger charge is -2.18. The summed E-state index contributed by atoms with van der Waals surface area (Å²) in [7, 11) is 2.04. The summed E-state index contributed by atoms with van der Waals surface area (Å²) in [6, 6.07) is 8.61. The fraction of sp³-hybridized carbons (Fsp3) is 0.600. The van der Waals surface area contributed by atoms with Gasteiger partial charge in [0.15, 0.2) is 0 Å². The molecule has 0 heterocycles. The minimum absolute atomic E-state index is 0.608. The molecule has 0 spiro atoms. The van der Waals surface area contributed by atoms with Gasteiger partial charge in [0, 0.05) is 10.5 Å². The third kappa shape index (κ3) is 6.41. The van der Waals surface area contributed by atoms with Crippen molar-refractivity contribution in [1.29, 1.82) is 0 Å². The van der Waals surface area contributed by atoms with Crippen molar-refractivity contribution in [3.63, 3.8) is 0 Å². The normalized spacial score (nSPS) is 12.7. The number of halogens is 1. The van der Waals surface area contributed by atoms with Gasteiger partial charge in [-0.1, -0.05) is 35.8 Å². The molecule has 0 bridgehead atoms. The van der Waals surface area contributed by atoms with E-state index >= 15 is 0 Å². The lowest BCUT2D eigenvalue weighted by atomic mass is 10.0. The number of ether oxygens (including phenoxy) is 1. The Kier molecular flexibility index (Phi) is 7.36. The molecule has 2 nitrogen and oxygen atoms in total. The van der Waals surface area contributed by atoms with Crippen LogP contribution < -0.4 is 10.1 Å². The molecule has 1 atom stereocenters. The van der Waals surface area contributed by atoms with Gasteiger partial charge >= 0.3 is 0 Å². The summed E-state index contributed by atoms with van der Waals surface area (Å²) in [6.45, 7) is 5.32. The summed E-state index contributed by atoms with van der Waals surface area (Å²) < 4.78 is 6.79. The Morgan fingerprint density at radius 1 is 1.33 bits per heavy atom. The first-order chi connectivity index (χ1) is 8.61. The van der Waals surface area contributed by atoms with Crippen molar-refractivity contribution in [1.82, 2.24) is 5.32 Å². The van der Waals surface area contributed by atoms with Crippen molar-refractivity contribution in [3.05, 3.63) is 28.7 Å². The van der Waals surface area contributed by atoms with Crippen molar-refractivity contribution in [2.75, 3.05) is 13.7 Å². The molecular formula is C15H24BrNO. The first-order valence-electron chi connectivity index (χ1n) is 6.67. The third-order valence-corrected chi connectivity index (χ3v) is 3.42. The third-order valence-electron chi connectivity index (χ3n) is 2.93. The van der Waals surface area contributed by atoms with Crippen LogP contribution in [0.2, 0.25) is 0 Å². The molecule has 1 aromatic carbocycles. The molecule has 18 heavy (non-hydrogen) atoms. The van der Waals surface area contributed by atoms with E-state index in [2.05, 4.69) is 35.1 Å². The molecule has 0 aliphatic carbocycles. The average molecular weight is 314 g/mol. The van der Waals surface area contributed by atoms with Gasteiger partial charge in [-0.25, -0.2) is 0 Å². The van der Waals surface area contributed by atoms with Crippen molar-refractivity contribution in [3.8, 4) is 5.75 Å². The molecule has 102 valence electrons. The first-order valence-corrected chi connectivity index (χ1v) is 7.46. The van der Waals surface area contributed by atoms with Crippen LogP contribution in [0.5, 0.6) is 5.75 Å². The number of hydrogen-bond donors (Lipinski definition) is 1. The van der Waals surface area contributed by atoms with Crippen LogP contribution >= 0.6 is 15.9 Å².